The van der Waals surface area contributed by atoms with Crippen molar-refractivity contribution < 1.29 is 0 Å². The highest BCUT2D eigenvalue weighted by atomic mass is 35.5. The summed E-state index contributed by atoms with van der Waals surface area (Å²) in [6.07, 6.45) is 1.15. The second-order valence-corrected chi connectivity index (χ2v) is 6.87. The maximum atomic E-state index is 6.54. The minimum Gasteiger partial charge on any atom is -0.330 e. The highest BCUT2D eigenvalue weighted by Gasteiger charge is 2.32. The molecule has 1 aromatic carbocycles. The van der Waals surface area contributed by atoms with Gasteiger partial charge in [-0.1, -0.05) is 36.7 Å². The molecule has 2 N–H and O–H groups in total. The summed E-state index contributed by atoms with van der Waals surface area (Å²) in [4.78, 5) is 7.18. The summed E-state index contributed by atoms with van der Waals surface area (Å²) in [5.74, 6) is 0. The highest BCUT2D eigenvalue weighted by Crippen LogP contribution is 2.32. The first-order chi connectivity index (χ1) is 10.0. The number of hydrogen-bond donors (Lipinski definition) is 1. The standard InChI is InChI=1S/C17H22ClN3.2ClH/c1-12-13-5-3-4-6-14(13)20-15(16(12)18)9-21-8-7-17(2,10-19)11-21;;/h3-6H,7-11,19H2,1-2H3;2*1H. The molecule has 2 heterocycles. The van der Waals surface area contributed by atoms with Crippen molar-refractivity contribution in [1.29, 1.82) is 0 Å². The van der Waals surface area contributed by atoms with Gasteiger partial charge < -0.3 is 5.73 Å². The fourth-order valence-electron chi connectivity index (χ4n) is 3.16. The van der Waals surface area contributed by atoms with Crippen LogP contribution in [0.1, 0.15) is 24.6 Å². The van der Waals surface area contributed by atoms with E-state index >= 15 is 0 Å². The van der Waals surface area contributed by atoms with Crippen molar-refractivity contribution in [2.45, 2.75) is 26.8 Å². The molecule has 0 bridgehead atoms. The number of pyridine rings is 1. The number of nitrogens with two attached hydrogens (primary N) is 1. The zero-order valence-corrected chi connectivity index (χ0v) is 15.9. The molecule has 1 aliphatic rings. The topological polar surface area (TPSA) is 42.1 Å². The third-order valence-electron chi connectivity index (χ3n) is 4.65. The van der Waals surface area contributed by atoms with Crippen molar-refractivity contribution in [3.05, 3.63) is 40.5 Å². The summed E-state index contributed by atoms with van der Waals surface area (Å²) < 4.78 is 0. The molecule has 1 unspecified atom stereocenters. The van der Waals surface area contributed by atoms with Gasteiger partial charge in [0.25, 0.3) is 0 Å². The molecule has 1 aromatic heterocycles. The molecule has 3 rings (SSSR count). The minimum atomic E-state index is 0. The third-order valence-corrected chi connectivity index (χ3v) is 5.15. The van der Waals surface area contributed by atoms with Gasteiger partial charge in [-0.25, -0.2) is 4.98 Å². The van der Waals surface area contributed by atoms with E-state index in [9.17, 15) is 0 Å². The quantitative estimate of drug-likeness (QED) is 0.872. The van der Waals surface area contributed by atoms with Crippen LogP contribution >= 0.6 is 36.4 Å². The van der Waals surface area contributed by atoms with Crippen LogP contribution in [0.2, 0.25) is 5.02 Å². The molecule has 6 heteroatoms. The van der Waals surface area contributed by atoms with Crippen LogP contribution < -0.4 is 5.73 Å². The van der Waals surface area contributed by atoms with Gasteiger partial charge in [0.05, 0.1) is 16.2 Å². The Morgan fingerprint density at radius 1 is 1.30 bits per heavy atom. The normalized spacial score (nSPS) is 21.0. The molecule has 0 spiro atoms. The Morgan fingerprint density at radius 3 is 2.65 bits per heavy atom. The Morgan fingerprint density at radius 2 is 2.00 bits per heavy atom. The van der Waals surface area contributed by atoms with E-state index in [1.807, 2.05) is 12.1 Å². The Kier molecular flexibility index (Phi) is 7.12. The monoisotopic (exact) mass is 375 g/mol. The molecule has 0 amide bonds. The van der Waals surface area contributed by atoms with Crippen molar-refractivity contribution >= 4 is 47.3 Å². The molecule has 0 aliphatic carbocycles. The van der Waals surface area contributed by atoms with Crippen LogP contribution in [0.5, 0.6) is 0 Å². The number of para-hydroxylation sites is 1. The Labute approximate surface area is 155 Å². The number of benzene rings is 1. The molecule has 128 valence electrons. The lowest BCUT2D eigenvalue weighted by Crippen LogP contribution is -2.31. The van der Waals surface area contributed by atoms with Gasteiger partial charge in [-0.3, -0.25) is 4.90 Å². The van der Waals surface area contributed by atoms with Crippen molar-refractivity contribution in [3.63, 3.8) is 0 Å². The van der Waals surface area contributed by atoms with Gasteiger partial charge in [-0.15, -0.1) is 24.8 Å². The number of likely N-dealkylation sites (tertiary alicyclic amines) is 1. The molecule has 0 saturated carbocycles. The smallest absolute Gasteiger partial charge is 0.0740 e. The molecule has 1 aliphatic heterocycles. The van der Waals surface area contributed by atoms with Crippen LogP contribution in [-0.2, 0) is 6.54 Å². The highest BCUT2D eigenvalue weighted by molar-refractivity contribution is 6.32. The minimum absolute atomic E-state index is 0. The van der Waals surface area contributed by atoms with Crippen LogP contribution in [-0.4, -0.2) is 29.5 Å². The lowest BCUT2D eigenvalue weighted by Gasteiger charge is -2.23. The van der Waals surface area contributed by atoms with E-state index in [1.165, 1.54) is 0 Å². The Balaban J connectivity index is 0.00000132. The maximum Gasteiger partial charge on any atom is 0.0740 e. The van der Waals surface area contributed by atoms with Gasteiger partial charge in [-0.05, 0) is 43.5 Å². The lowest BCUT2D eigenvalue weighted by atomic mass is 9.90. The van der Waals surface area contributed by atoms with Crippen LogP contribution in [0.4, 0.5) is 0 Å². The third kappa shape index (κ3) is 4.09. The Hall–Kier alpha value is -0.580. The zero-order chi connectivity index (χ0) is 15.0. The van der Waals surface area contributed by atoms with Crippen molar-refractivity contribution in [3.8, 4) is 0 Å². The molecule has 23 heavy (non-hydrogen) atoms. The van der Waals surface area contributed by atoms with E-state index in [0.717, 1.165) is 59.8 Å². The summed E-state index contributed by atoms with van der Waals surface area (Å²) in [5, 5.41) is 1.94. The summed E-state index contributed by atoms with van der Waals surface area (Å²) >= 11 is 6.54. The number of nitrogens with zero attached hydrogens (tertiary/aromatic N) is 2. The fraction of sp³-hybridized carbons (Fsp3) is 0.471. The van der Waals surface area contributed by atoms with E-state index in [-0.39, 0.29) is 30.2 Å². The number of aryl methyl sites for hydroxylation is 1. The summed E-state index contributed by atoms with van der Waals surface area (Å²) in [6.45, 7) is 7.96. The number of aromatic nitrogens is 1. The van der Waals surface area contributed by atoms with Gasteiger partial charge >= 0.3 is 0 Å². The molecular formula is C17H24Cl3N3. The van der Waals surface area contributed by atoms with Gasteiger partial charge in [0.2, 0.25) is 0 Å². The summed E-state index contributed by atoms with van der Waals surface area (Å²) in [7, 11) is 0. The van der Waals surface area contributed by atoms with E-state index in [1.54, 1.807) is 0 Å². The molecule has 1 atom stereocenters. The van der Waals surface area contributed by atoms with Gasteiger partial charge in [0, 0.05) is 18.5 Å². The van der Waals surface area contributed by atoms with E-state index in [0.29, 0.717) is 0 Å². The first-order valence-corrected chi connectivity index (χ1v) is 7.86. The summed E-state index contributed by atoms with van der Waals surface area (Å²) in [6, 6.07) is 8.18. The van der Waals surface area contributed by atoms with Crippen LogP contribution in [0.25, 0.3) is 10.9 Å². The number of halogens is 3. The van der Waals surface area contributed by atoms with Crippen molar-refractivity contribution in [2.24, 2.45) is 11.1 Å². The average molecular weight is 377 g/mol. The predicted octanol–water partition coefficient (Wildman–Crippen LogP) is 4.21. The van der Waals surface area contributed by atoms with E-state index in [2.05, 4.69) is 30.9 Å². The molecule has 1 saturated heterocycles. The lowest BCUT2D eigenvalue weighted by molar-refractivity contribution is 0.272. The molecule has 0 radical (unpaired) electrons. The van der Waals surface area contributed by atoms with Gasteiger partial charge in [-0.2, -0.15) is 0 Å². The Bertz CT molecular complexity index is 677. The van der Waals surface area contributed by atoms with Crippen LogP contribution in [0.15, 0.2) is 24.3 Å². The second kappa shape index (κ2) is 8.00. The second-order valence-electron chi connectivity index (χ2n) is 6.49. The van der Waals surface area contributed by atoms with Crippen molar-refractivity contribution in [2.75, 3.05) is 19.6 Å². The first-order valence-electron chi connectivity index (χ1n) is 7.48. The number of fused-ring (bicyclic) bond motifs is 1. The van der Waals surface area contributed by atoms with Crippen LogP contribution in [0.3, 0.4) is 0 Å². The predicted molar refractivity (Wildman–Crippen MR) is 103 cm³/mol. The number of hydrogen-bond acceptors (Lipinski definition) is 3. The van der Waals surface area contributed by atoms with E-state index < -0.39 is 0 Å². The largest absolute Gasteiger partial charge is 0.330 e. The SMILES string of the molecule is Cc1c(Cl)c(CN2CCC(C)(CN)C2)nc2ccccc12.Cl.Cl. The van der Waals surface area contributed by atoms with E-state index in [4.69, 9.17) is 22.3 Å². The molecule has 2 aromatic rings. The van der Waals surface area contributed by atoms with Gasteiger partial charge in [0.1, 0.15) is 0 Å². The van der Waals surface area contributed by atoms with Crippen molar-refractivity contribution in [1.82, 2.24) is 9.88 Å². The fourth-order valence-corrected chi connectivity index (χ4v) is 3.37. The summed E-state index contributed by atoms with van der Waals surface area (Å²) in [5.41, 5.74) is 9.25. The zero-order valence-electron chi connectivity index (χ0n) is 13.5. The average Bonchev–Trinajstić information content (AvgIpc) is 2.87. The first kappa shape index (κ1) is 20.5. The molecule has 1 fully saturated rings. The molecule has 3 nitrogen and oxygen atoms in total. The van der Waals surface area contributed by atoms with Gasteiger partial charge in [0.15, 0.2) is 0 Å². The maximum absolute atomic E-state index is 6.54. The van der Waals surface area contributed by atoms with Crippen LogP contribution in [0, 0.1) is 12.3 Å². The number of rotatable bonds is 3. The molecular weight excluding hydrogens is 353 g/mol.